The number of halogens is 2. The van der Waals surface area contributed by atoms with Crippen molar-refractivity contribution in [3.05, 3.63) is 42.2 Å². The number of imidazole rings is 1. The second kappa shape index (κ2) is 9.46. The highest BCUT2D eigenvalue weighted by atomic mass is 19.3. The molecule has 2 aliphatic rings. The summed E-state index contributed by atoms with van der Waals surface area (Å²) in [6, 6.07) is 6.73. The molecule has 0 radical (unpaired) electrons. The van der Waals surface area contributed by atoms with Crippen LogP contribution < -0.4 is 19.5 Å². The number of fused-ring (bicyclic) bond motifs is 1. The van der Waals surface area contributed by atoms with Crippen molar-refractivity contribution < 1.29 is 32.5 Å². The van der Waals surface area contributed by atoms with E-state index in [0.29, 0.717) is 35.9 Å². The SMILES string of the molecule is COc1cc(-c2cnc3cc(OC4CCOCC4)ccn23)cc(OC(F)F)c1C(=O)NC1CC1. The van der Waals surface area contributed by atoms with Crippen molar-refractivity contribution in [3.8, 4) is 28.5 Å². The predicted octanol–water partition coefficient (Wildman–Crippen LogP) is 4.06. The molecule has 34 heavy (non-hydrogen) atoms. The third kappa shape index (κ3) is 4.77. The van der Waals surface area contributed by atoms with E-state index in [-0.39, 0.29) is 29.2 Å². The molecule has 2 fully saturated rings. The van der Waals surface area contributed by atoms with E-state index in [4.69, 9.17) is 18.9 Å². The molecular formula is C24H25F2N3O5. The highest BCUT2D eigenvalue weighted by Crippen LogP contribution is 2.37. The van der Waals surface area contributed by atoms with Crippen LogP contribution in [-0.2, 0) is 4.74 Å². The largest absolute Gasteiger partial charge is 0.496 e. The number of benzene rings is 1. The van der Waals surface area contributed by atoms with Crippen LogP contribution in [0, 0.1) is 0 Å². The van der Waals surface area contributed by atoms with Crippen molar-refractivity contribution in [1.29, 1.82) is 0 Å². The van der Waals surface area contributed by atoms with Gasteiger partial charge >= 0.3 is 6.61 Å². The fourth-order valence-corrected chi connectivity index (χ4v) is 4.03. The van der Waals surface area contributed by atoms with Crippen molar-refractivity contribution >= 4 is 11.6 Å². The smallest absolute Gasteiger partial charge is 0.387 e. The van der Waals surface area contributed by atoms with Gasteiger partial charge in [-0.15, -0.1) is 0 Å². The first-order chi connectivity index (χ1) is 16.5. The molecule has 0 spiro atoms. The van der Waals surface area contributed by atoms with Gasteiger partial charge in [-0.1, -0.05) is 0 Å². The third-order valence-electron chi connectivity index (χ3n) is 5.89. The molecule has 1 saturated carbocycles. The molecule has 0 bridgehead atoms. The van der Waals surface area contributed by atoms with Crippen molar-refractivity contribution in [2.75, 3.05) is 20.3 Å². The van der Waals surface area contributed by atoms with Gasteiger partial charge in [0.15, 0.2) is 0 Å². The van der Waals surface area contributed by atoms with Crippen LogP contribution in [0.25, 0.3) is 16.9 Å². The number of carbonyl (C=O) groups excluding carboxylic acids is 1. The maximum Gasteiger partial charge on any atom is 0.387 e. The van der Waals surface area contributed by atoms with Gasteiger partial charge in [0.05, 0.1) is 32.2 Å². The molecule has 1 aliphatic heterocycles. The summed E-state index contributed by atoms with van der Waals surface area (Å²) in [6.07, 6.45) is 6.91. The lowest BCUT2D eigenvalue weighted by atomic mass is 10.1. The topological polar surface area (TPSA) is 83.3 Å². The Labute approximate surface area is 194 Å². The molecule has 0 atom stereocenters. The molecule has 8 nitrogen and oxygen atoms in total. The lowest BCUT2D eigenvalue weighted by Crippen LogP contribution is -2.26. The Kier molecular flexibility index (Phi) is 6.23. The first-order valence-corrected chi connectivity index (χ1v) is 11.2. The van der Waals surface area contributed by atoms with Crippen molar-refractivity contribution in [3.63, 3.8) is 0 Å². The van der Waals surface area contributed by atoms with Crippen LogP contribution >= 0.6 is 0 Å². The number of alkyl halides is 2. The van der Waals surface area contributed by atoms with Gasteiger partial charge in [-0.2, -0.15) is 8.78 Å². The fourth-order valence-electron chi connectivity index (χ4n) is 4.03. The van der Waals surface area contributed by atoms with Crippen LogP contribution in [0.1, 0.15) is 36.0 Å². The van der Waals surface area contributed by atoms with Gasteiger partial charge in [0, 0.05) is 36.7 Å². The minimum absolute atomic E-state index is 0.0487. The summed E-state index contributed by atoms with van der Waals surface area (Å²) in [7, 11) is 1.38. The average Bonchev–Trinajstić information content (AvgIpc) is 3.54. The van der Waals surface area contributed by atoms with Gasteiger partial charge in [-0.3, -0.25) is 9.20 Å². The number of pyridine rings is 1. The van der Waals surface area contributed by atoms with Gasteiger partial charge in [0.1, 0.15) is 34.6 Å². The monoisotopic (exact) mass is 473 g/mol. The van der Waals surface area contributed by atoms with Crippen molar-refractivity contribution in [1.82, 2.24) is 14.7 Å². The fraction of sp³-hybridized carbons (Fsp3) is 0.417. The van der Waals surface area contributed by atoms with Crippen LogP contribution in [-0.4, -0.2) is 54.4 Å². The molecule has 1 saturated heterocycles. The molecule has 1 N–H and O–H groups in total. The van der Waals surface area contributed by atoms with Crippen LogP contribution in [0.4, 0.5) is 8.78 Å². The summed E-state index contributed by atoms with van der Waals surface area (Å²) < 4.78 is 49.8. The summed E-state index contributed by atoms with van der Waals surface area (Å²) >= 11 is 0. The average molecular weight is 473 g/mol. The summed E-state index contributed by atoms with van der Waals surface area (Å²) in [4.78, 5) is 17.2. The molecule has 10 heteroatoms. The Morgan fingerprint density at radius 2 is 1.94 bits per heavy atom. The number of carbonyl (C=O) groups is 1. The number of nitrogens with zero attached hydrogens (tertiary/aromatic N) is 2. The standard InChI is InChI=1S/C24H25F2N3O5/c1-31-19-10-14(11-20(34-24(25)26)22(19)23(30)28-15-2-3-15)18-13-27-21-12-17(4-7-29(18)21)33-16-5-8-32-9-6-16/h4,7,10-13,15-16,24H,2-3,5-6,8-9H2,1H3,(H,28,30). The zero-order valence-corrected chi connectivity index (χ0v) is 18.6. The van der Waals surface area contributed by atoms with Crippen molar-refractivity contribution in [2.24, 2.45) is 0 Å². The van der Waals surface area contributed by atoms with E-state index in [1.807, 2.05) is 16.5 Å². The molecule has 1 aromatic carbocycles. The minimum Gasteiger partial charge on any atom is -0.496 e. The van der Waals surface area contributed by atoms with Crippen molar-refractivity contribution in [2.45, 2.75) is 44.4 Å². The van der Waals surface area contributed by atoms with Gasteiger partial charge < -0.3 is 24.3 Å². The highest BCUT2D eigenvalue weighted by Gasteiger charge is 2.29. The zero-order chi connectivity index (χ0) is 23.7. The van der Waals surface area contributed by atoms with E-state index in [2.05, 4.69) is 10.3 Å². The van der Waals surface area contributed by atoms with E-state index in [1.165, 1.54) is 13.2 Å². The number of hydrogen-bond donors (Lipinski definition) is 1. The van der Waals surface area contributed by atoms with E-state index in [9.17, 15) is 13.6 Å². The molecule has 1 amide bonds. The quantitative estimate of drug-likeness (QED) is 0.531. The summed E-state index contributed by atoms with van der Waals surface area (Å²) in [6.45, 7) is -1.74. The zero-order valence-electron chi connectivity index (χ0n) is 18.6. The van der Waals surface area contributed by atoms with E-state index in [1.54, 1.807) is 18.5 Å². The van der Waals surface area contributed by atoms with Gasteiger partial charge in [-0.05, 0) is 31.0 Å². The van der Waals surface area contributed by atoms with Crippen LogP contribution in [0.2, 0.25) is 0 Å². The predicted molar refractivity (Wildman–Crippen MR) is 119 cm³/mol. The van der Waals surface area contributed by atoms with E-state index < -0.39 is 12.5 Å². The molecule has 180 valence electrons. The molecule has 1 aliphatic carbocycles. The summed E-state index contributed by atoms with van der Waals surface area (Å²) in [5.41, 5.74) is 1.71. The maximum absolute atomic E-state index is 13.2. The number of aromatic nitrogens is 2. The Morgan fingerprint density at radius 1 is 1.18 bits per heavy atom. The summed E-state index contributed by atoms with van der Waals surface area (Å²) in [5, 5.41) is 2.80. The van der Waals surface area contributed by atoms with Crippen LogP contribution in [0.15, 0.2) is 36.7 Å². The molecular weight excluding hydrogens is 448 g/mol. The van der Waals surface area contributed by atoms with E-state index in [0.717, 1.165) is 25.7 Å². The normalized spacial score (nSPS) is 16.6. The number of ether oxygens (including phenoxy) is 4. The first kappa shape index (κ1) is 22.4. The lowest BCUT2D eigenvalue weighted by molar-refractivity contribution is -0.0502. The Hall–Kier alpha value is -3.40. The second-order valence-electron chi connectivity index (χ2n) is 8.34. The number of nitrogens with one attached hydrogen (secondary N) is 1. The second-order valence-corrected chi connectivity index (χ2v) is 8.34. The number of hydrogen-bond acceptors (Lipinski definition) is 6. The molecule has 2 aromatic heterocycles. The first-order valence-electron chi connectivity index (χ1n) is 11.2. The third-order valence-corrected chi connectivity index (χ3v) is 5.89. The lowest BCUT2D eigenvalue weighted by Gasteiger charge is -2.23. The van der Waals surface area contributed by atoms with Gasteiger partial charge in [-0.25, -0.2) is 4.98 Å². The number of methoxy groups -OCH3 is 1. The maximum atomic E-state index is 13.2. The summed E-state index contributed by atoms with van der Waals surface area (Å²) in [5.74, 6) is 0.0789. The molecule has 0 unspecified atom stereocenters. The Bertz CT molecular complexity index is 1190. The molecule has 3 heterocycles. The minimum atomic E-state index is -3.10. The number of rotatable bonds is 8. The molecule has 5 rings (SSSR count). The molecule has 3 aromatic rings. The van der Waals surface area contributed by atoms with Gasteiger partial charge in [0.2, 0.25) is 0 Å². The number of amides is 1. The van der Waals surface area contributed by atoms with E-state index >= 15 is 0 Å². The Balaban J connectivity index is 1.49. The van der Waals surface area contributed by atoms with Crippen LogP contribution in [0.5, 0.6) is 17.2 Å². The highest BCUT2D eigenvalue weighted by molar-refractivity contribution is 6.01. The Morgan fingerprint density at radius 3 is 2.65 bits per heavy atom. The van der Waals surface area contributed by atoms with Crippen LogP contribution in [0.3, 0.4) is 0 Å². The van der Waals surface area contributed by atoms with Gasteiger partial charge in [0.25, 0.3) is 5.91 Å².